The van der Waals surface area contributed by atoms with E-state index in [2.05, 4.69) is 21.2 Å². The first-order valence-corrected chi connectivity index (χ1v) is 15.5. The first-order valence-electron chi connectivity index (χ1n) is 14.0. The lowest BCUT2D eigenvalue weighted by Gasteiger charge is -2.26. The molecule has 44 heavy (non-hydrogen) atoms. The molecule has 4 rings (SSSR count). The Morgan fingerprint density at radius 2 is 1.61 bits per heavy atom. The molecule has 0 aliphatic carbocycles. The average Bonchev–Trinajstić information content (AvgIpc) is 2.98. The molecule has 0 unspecified atom stereocenters. The minimum Gasteiger partial charge on any atom is -0.490 e. The summed E-state index contributed by atoms with van der Waals surface area (Å²) >= 11 is 15.8. The van der Waals surface area contributed by atoms with Crippen molar-refractivity contribution in [1.29, 1.82) is 0 Å². The van der Waals surface area contributed by atoms with Crippen LogP contribution in [0.15, 0.2) is 58.6 Å². The van der Waals surface area contributed by atoms with Gasteiger partial charge in [0.1, 0.15) is 12.2 Å². The Morgan fingerprint density at radius 1 is 0.864 bits per heavy atom. The Bertz CT molecular complexity index is 1600. The first kappa shape index (κ1) is 33.2. The SMILES string of the molecule is CCCOc1ccc(CN2C(=O)NC(=O)/C(=C\c3cc(Br)c(OCc4ccc(Cl)cc4Cl)c(OCC)c3)C2=O)cc1OCC. The number of nitrogens with zero attached hydrogens (tertiary/aromatic N) is 1. The monoisotopic (exact) mass is 704 g/mol. The molecule has 1 fully saturated rings. The van der Waals surface area contributed by atoms with Crippen LogP contribution in [0, 0.1) is 0 Å². The van der Waals surface area contributed by atoms with E-state index >= 15 is 0 Å². The van der Waals surface area contributed by atoms with Gasteiger partial charge in [-0.1, -0.05) is 42.3 Å². The maximum atomic E-state index is 13.5. The van der Waals surface area contributed by atoms with Crippen LogP contribution in [0.5, 0.6) is 23.0 Å². The first-order chi connectivity index (χ1) is 21.1. The molecule has 9 nitrogen and oxygen atoms in total. The summed E-state index contributed by atoms with van der Waals surface area (Å²) in [4.78, 5) is 40.0. The van der Waals surface area contributed by atoms with Gasteiger partial charge in [-0.15, -0.1) is 0 Å². The second-order valence-corrected chi connectivity index (χ2v) is 11.3. The molecule has 3 aromatic rings. The standard InChI is InChI=1S/C32H31BrCl2N2O7/c1-4-11-43-26-10-7-19(14-27(26)41-5-2)17-37-31(39)23(30(38)36-32(37)40)12-20-13-24(33)29(28(15-20)42-6-3)44-18-21-8-9-22(34)16-25(21)35/h7-10,12-16H,4-6,11,17-18H2,1-3H3,(H,36,38,40)/b23-12+. The largest absolute Gasteiger partial charge is 0.490 e. The van der Waals surface area contributed by atoms with Gasteiger partial charge in [0.2, 0.25) is 0 Å². The lowest BCUT2D eigenvalue weighted by atomic mass is 10.1. The van der Waals surface area contributed by atoms with Crippen molar-refractivity contribution in [2.24, 2.45) is 0 Å². The van der Waals surface area contributed by atoms with Crippen molar-refractivity contribution in [3.63, 3.8) is 0 Å². The van der Waals surface area contributed by atoms with Crippen molar-refractivity contribution < 1.29 is 33.3 Å². The van der Waals surface area contributed by atoms with Crippen molar-refractivity contribution in [1.82, 2.24) is 10.2 Å². The van der Waals surface area contributed by atoms with Crippen LogP contribution < -0.4 is 24.3 Å². The van der Waals surface area contributed by atoms with Gasteiger partial charge in [-0.05, 0) is 89.8 Å². The molecule has 1 saturated heterocycles. The average molecular weight is 706 g/mol. The van der Waals surface area contributed by atoms with Crippen LogP contribution in [0.1, 0.15) is 43.9 Å². The van der Waals surface area contributed by atoms with E-state index in [-0.39, 0.29) is 18.7 Å². The summed E-state index contributed by atoms with van der Waals surface area (Å²) in [5, 5.41) is 3.23. The third-order valence-corrected chi connectivity index (χ3v) is 7.50. The van der Waals surface area contributed by atoms with Crippen molar-refractivity contribution in [3.05, 3.63) is 85.3 Å². The van der Waals surface area contributed by atoms with E-state index in [4.69, 9.17) is 42.1 Å². The highest BCUT2D eigenvalue weighted by atomic mass is 79.9. The van der Waals surface area contributed by atoms with E-state index < -0.39 is 17.8 Å². The van der Waals surface area contributed by atoms with Crippen LogP contribution in [-0.4, -0.2) is 42.6 Å². The lowest BCUT2D eigenvalue weighted by molar-refractivity contribution is -0.130. The minimum absolute atomic E-state index is 0.0860. The predicted molar refractivity (Wildman–Crippen MR) is 172 cm³/mol. The van der Waals surface area contributed by atoms with Crippen LogP contribution >= 0.6 is 39.1 Å². The maximum absolute atomic E-state index is 13.5. The fourth-order valence-corrected chi connectivity index (χ4v) is 5.34. The fourth-order valence-electron chi connectivity index (χ4n) is 4.30. The number of carbonyl (C=O) groups excluding carboxylic acids is 3. The Hall–Kier alpha value is -3.73. The van der Waals surface area contributed by atoms with Crippen molar-refractivity contribution >= 4 is 63.1 Å². The number of rotatable bonds is 13. The molecule has 0 saturated carbocycles. The molecular weight excluding hydrogens is 675 g/mol. The minimum atomic E-state index is -0.817. The topological polar surface area (TPSA) is 103 Å². The molecule has 0 atom stereocenters. The number of amides is 4. The Balaban J connectivity index is 1.59. The molecule has 0 bridgehead atoms. The molecule has 1 heterocycles. The number of benzene rings is 3. The van der Waals surface area contributed by atoms with Gasteiger partial charge in [-0.3, -0.25) is 19.8 Å². The molecule has 12 heteroatoms. The quantitative estimate of drug-likeness (QED) is 0.144. The summed E-state index contributed by atoms with van der Waals surface area (Å²) < 4.78 is 23.8. The van der Waals surface area contributed by atoms with Gasteiger partial charge in [-0.25, -0.2) is 4.79 Å². The zero-order valence-electron chi connectivity index (χ0n) is 24.4. The maximum Gasteiger partial charge on any atom is 0.331 e. The number of carbonyl (C=O) groups is 3. The Kier molecular flexibility index (Phi) is 11.5. The van der Waals surface area contributed by atoms with E-state index in [1.54, 1.807) is 48.5 Å². The van der Waals surface area contributed by atoms with Crippen LogP contribution in [0.25, 0.3) is 6.08 Å². The van der Waals surface area contributed by atoms with Crippen molar-refractivity contribution in [3.8, 4) is 23.0 Å². The zero-order valence-corrected chi connectivity index (χ0v) is 27.5. The zero-order chi connectivity index (χ0) is 31.8. The van der Waals surface area contributed by atoms with Crippen molar-refractivity contribution in [2.75, 3.05) is 19.8 Å². The highest BCUT2D eigenvalue weighted by Gasteiger charge is 2.36. The summed E-state index contributed by atoms with van der Waals surface area (Å²) in [6, 6.07) is 12.8. The van der Waals surface area contributed by atoms with Crippen molar-refractivity contribution in [2.45, 2.75) is 40.3 Å². The Morgan fingerprint density at radius 3 is 2.32 bits per heavy atom. The number of nitrogens with one attached hydrogen (secondary N) is 1. The number of hydrogen-bond acceptors (Lipinski definition) is 7. The number of hydrogen-bond donors (Lipinski definition) is 1. The van der Waals surface area contributed by atoms with E-state index in [0.29, 0.717) is 68.5 Å². The Labute approximate surface area is 274 Å². The van der Waals surface area contributed by atoms with Crippen LogP contribution in [0.4, 0.5) is 4.79 Å². The van der Waals surface area contributed by atoms with Gasteiger partial charge in [0.15, 0.2) is 23.0 Å². The van der Waals surface area contributed by atoms with Gasteiger partial charge < -0.3 is 18.9 Å². The highest BCUT2D eigenvalue weighted by molar-refractivity contribution is 9.10. The van der Waals surface area contributed by atoms with E-state index in [1.165, 1.54) is 6.08 Å². The normalized spacial score (nSPS) is 14.1. The van der Waals surface area contributed by atoms with Crippen LogP contribution in [-0.2, 0) is 22.7 Å². The summed E-state index contributed by atoms with van der Waals surface area (Å²) in [6.45, 7) is 6.99. The summed E-state index contributed by atoms with van der Waals surface area (Å²) in [5.74, 6) is 0.319. The summed E-state index contributed by atoms with van der Waals surface area (Å²) in [7, 11) is 0. The van der Waals surface area contributed by atoms with E-state index in [1.807, 2.05) is 20.8 Å². The molecule has 1 aliphatic heterocycles. The highest BCUT2D eigenvalue weighted by Crippen LogP contribution is 2.39. The number of halogens is 3. The van der Waals surface area contributed by atoms with Gasteiger partial charge in [-0.2, -0.15) is 0 Å². The summed E-state index contributed by atoms with van der Waals surface area (Å²) in [5.41, 5.74) is 1.61. The molecule has 0 spiro atoms. The predicted octanol–water partition coefficient (Wildman–Crippen LogP) is 7.58. The number of urea groups is 1. The molecular formula is C32H31BrCl2N2O7. The molecule has 0 aromatic heterocycles. The van der Waals surface area contributed by atoms with E-state index in [9.17, 15) is 14.4 Å². The van der Waals surface area contributed by atoms with Crippen LogP contribution in [0.3, 0.4) is 0 Å². The molecule has 232 valence electrons. The molecule has 0 radical (unpaired) electrons. The molecule has 3 aromatic carbocycles. The lowest BCUT2D eigenvalue weighted by Crippen LogP contribution is -2.53. The molecule has 1 N–H and O–H groups in total. The molecule has 4 amide bonds. The number of imide groups is 2. The second-order valence-electron chi connectivity index (χ2n) is 9.56. The molecule has 1 aliphatic rings. The van der Waals surface area contributed by atoms with Gasteiger partial charge in [0, 0.05) is 15.6 Å². The fraction of sp³-hybridized carbons (Fsp3) is 0.281. The number of barbiturate groups is 1. The number of ether oxygens (including phenoxy) is 4. The smallest absolute Gasteiger partial charge is 0.331 e. The van der Waals surface area contributed by atoms with Gasteiger partial charge >= 0.3 is 6.03 Å². The summed E-state index contributed by atoms with van der Waals surface area (Å²) in [6.07, 6.45) is 2.23. The third kappa shape index (κ3) is 8.05. The van der Waals surface area contributed by atoms with Gasteiger partial charge in [0.25, 0.3) is 11.8 Å². The second kappa shape index (κ2) is 15.3. The van der Waals surface area contributed by atoms with E-state index in [0.717, 1.165) is 16.9 Å². The third-order valence-electron chi connectivity index (χ3n) is 6.33. The van der Waals surface area contributed by atoms with Gasteiger partial charge in [0.05, 0.1) is 30.8 Å². The van der Waals surface area contributed by atoms with Crippen LogP contribution in [0.2, 0.25) is 10.0 Å².